The molecule has 0 bridgehead atoms. The van der Waals surface area contributed by atoms with Crippen molar-refractivity contribution in [3.8, 4) is 11.5 Å². The average molecular weight is 424 g/mol. The van der Waals surface area contributed by atoms with E-state index in [1.807, 2.05) is 24.3 Å². The van der Waals surface area contributed by atoms with Crippen molar-refractivity contribution < 1.29 is 19.1 Å². The maximum Gasteiger partial charge on any atom is 0.268 e. The molecule has 4 aromatic rings. The lowest BCUT2D eigenvalue weighted by molar-refractivity contribution is -0.117. The van der Waals surface area contributed by atoms with Crippen molar-refractivity contribution in [2.45, 2.75) is 13.0 Å². The Labute approximate surface area is 176 Å². The van der Waals surface area contributed by atoms with Gasteiger partial charge in [0.2, 0.25) is 5.91 Å². The Morgan fingerprint density at radius 1 is 1.13 bits per heavy atom. The summed E-state index contributed by atoms with van der Waals surface area (Å²) in [5.74, 6) is 0.350. The summed E-state index contributed by atoms with van der Waals surface area (Å²) >= 11 is 1.38. The van der Waals surface area contributed by atoms with E-state index in [2.05, 4.69) is 20.6 Å². The minimum Gasteiger partial charge on any atom is -0.493 e. The first-order valence-corrected chi connectivity index (χ1v) is 10.0. The molecular formula is C21H20N4O4S. The zero-order valence-electron chi connectivity index (χ0n) is 16.6. The highest BCUT2D eigenvalue weighted by atomic mass is 32.1. The predicted octanol–water partition coefficient (Wildman–Crippen LogP) is 3.55. The van der Waals surface area contributed by atoms with Gasteiger partial charge in [-0.25, -0.2) is 4.98 Å². The number of nitrogens with zero attached hydrogens (tertiary/aromatic N) is 1. The van der Waals surface area contributed by atoms with Crippen LogP contribution in [0.15, 0.2) is 42.5 Å². The van der Waals surface area contributed by atoms with E-state index in [0.29, 0.717) is 27.7 Å². The number of amides is 2. The van der Waals surface area contributed by atoms with Gasteiger partial charge in [-0.2, -0.15) is 0 Å². The molecular weight excluding hydrogens is 404 g/mol. The van der Waals surface area contributed by atoms with Crippen LogP contribution in [0.2, 0.25) is 0 Å². The minimum absolute atomic E-state index is 0.316. The van der Waals surface area contributed by atoms with Gasteiger partial charge in [0.15, 0.2) is 16.6 Å². The maximum atomic E-state index is 12.7. The number of rotatable bonds is 6. The summed E-state index contributed by atoms with van der Waals surface area (Å²) in [7, 11) is 3.09. The lowest BCUT2D eigenvalue weighted by atomic mass is 10.2. The van der Waals surface area contributed by atoms with Crippen molar-refractivity contribution in [1.82, 2.24) is 15.3 Å². The molecule has 0 aliphatic heterocycles. The van der Waals surface area contributed by atoms with Gasteiger partial charge in [-0.1, -0.05) is 23.5 Å². The standard InChI is InChI=1S/C21H20N4O4S/c1-11(19(26)25-21-24-14-6-4-5-7-17(14)30-21)22-20(27)15-10-12-13(23-15)8-9-16(28-2)18(12)29-3/h4-11,23H,1-3H3,(H,22,27)(H,24,25,26)/t11-/m1/s1. The molecule has 154 valence electrons. The number of hydrogen-bond donors (Lipinski definition) is 3. The van der Waals surface area contributed by atoms with Crippen LogP contribution in [-0.4, -0.2) is 42.0 Å². The van der Waals surface area contributed by atoms with Crippen molar-refractivity contribution >= 4 is 49.4 Å². The van der Waals surface area contributed by atoms with E-state index in [1.54, 1.807) is 39.3 Å². The number of ether oxygens (including phenoxy) is 2. The normalized spacial score (nSPS) is 12.0. The third-order valence-corrected chi connectivity index (χ3v) is 5.60. The molecule has 2 heterocycles. The molecule has 0 saturated heterocycles. The van der Waals surface area contributed by atoms with E-state index in [-0.39, 0.29) is 5.91 Å². The highest BCUT2D eigenvalue weighted by Gasteiger charge is 2.20. The summed E-state index contributed by atoms with van der Waals surface area (Å²) in [6.07, 6.45) is 0. The molecule has 0 radical (unpaired) electrons. The number of anilines is 1. The third kappa shape index (κ3) is 3.67. The zero-order valence-corrected chi connectivity index (χ0v) is 17.4. The maximum absolute atomic E-state index is 12.7. The quantitative estimate of drug-likeness (QED) is 0.439. The molecule has 30 heavy (non-hydrogen) atoms. The molecule has 0 spiro atoms. The van der Waals surface area contributed by atoms with Crippen LogP contribution < -0.4 is 20.1 Å². The van der Waals surface area contributed by atoms with Gasteiger partial charge in [-0.3, -0.25) is 9.59 Å². The second-order valence-corrected chi connectivity index (χ2v) is 7.65. The van der Waals surface area contributed by atoms with Gasteiger partial charge in [0, 0.05) is 5.39 Å². The zero-order chi connectivity index (χ0) is 21.3. The van der Waals surface area contributed by atoms with E-state index in [9.17, 15) is 9.59 Å². The largest absolute Gasteiger partial charge is 0.493 e. The summed E-state index contributed by atoms with van der Waals surface area (Å²) in [6.45, 7) is 1.62. The van der Waals surface area contributed by atoms with Crippen LogP contribution in [0.3, 0.4) is 0 Å². The number of fused-ring (bicyclic) bond motifs is 2. The molecule has 0 saturated carbocycles. The number of benzene rings is 2. The Bertz CT molecular complexity index is 1210. The smallest absolute Gasteiger partial charge is 0.268 e. The number of aromatic nitrogens is 2. The highest BCUT2D eigenvalue weighted by Crippen LogP contribution is 2.35. The first-order chi connectivity index (χ1) is 14.5. The number of methoxy groups -OCH3 is 2. The summed E-state index contributed by atoms with van der Waals surface area (Å²) in [6, 6.07) is 12.1. The van der Waals surface area contributed by atoms with Gasteiger partial charge in [-0.05, 0) is 37.3 Å². The molecule has 8 nitrogen and oxygen atoms in total. The molecule has 4 rings (SSSR count). The molecule has 3 N–H and O–H groups in total. The van der Waals surface area contributed by atoms with Gasteiger partial charge < -0.3 is 25.1 Å². The molecule has 2 amide bonds. The monoisotopic (exact) mass is 424 g/mol. The van der Waals surface area contributed by atoms with Crippen molar-refractivity contribution in [1.29, 1.82) is 0 Å². The highest BCUT2D eigenvalue weighted by molar-refractivity contribution is 7.22. The van der Waals surface area contributed by atoms with Crippen LogP contribution >= 0.6 is 11.3 Å². The molecule has 0 aliphatic rings. The van der Waals surface area contributed by atoms with Crippen molar-refractivity contribution in [3.05, 3.63) is 48.2 Å². The molecule has 9 heteroatoms. The lowest BCUT2D eigenvalue weighted by Crippen LogP contribution is -2.41. The fraction of sp³-hybridized carbons (Fsp3) is 0.190. The molecule has 0 fully saturated rings. The van der Waals surface area contributed by atoms with Crippen molar-refractivity contribution in [2.24, 2.45) is 0 Å². The minimum atomic E-state index is -0.757. The number of hydrogen-bond acceptors (Lipinski definition) is 6. The Balaban J connectivity index is 1.48. The lowest BCUT2D eigenvalue weighted by Gasteiger charge is -2.12. The molecule has 1 atom stereocenters. The average Bonchev–Trinajstić information content (AvgIpc) is 3.36. The molecule has 0 unspecified atom stereocenters. The number of H-pyrrole nitrogens is 1. The Morgan fingerprint density at radius 3 is 2.67 bits per heavy atom. The fourth-order valence-electron chi connectivity index (χ4n) is 3.13. The van der Waals surface area contributed by atoms with E-state index in [4.69, 9.17) is 9.47 Å². The van der Waals surface area contributed by atoms with Crippen LogP contribution in [0.5, 0.6) is 11.5 Å². The number of para-hydroxylation sites is 1. The Kier molecular flexibility index (Phi) is 5.28. The second kappa shape index (κ2) is 8.03. The van der Waals surface area contributed by atoms with Crippen LogP contribution in [0.4, 0.5) is 5.13 Å². The number of aromatic amines is 1. The van der Waals surface area contributed by atoms with E-state index >= 15 is 0 Å². The fourth-order valence-corrected chi connectivity index (χ4v) is 4.00. The van der Waals surface area contributed by atoms with Gasteiger partial charge in [-0.15, -0.1) is 0 Å². The molecule has 0 aliphatic carbocycles. The summed E-state index contributed by atoms with van der Waals surface area (Å²) in [4.78, 5) is 32.6. The Hall–Kier alpha value is -3.59. The van der Waals surface area contributed by atoms with Crippen LogP contribution in [0.25, 0.3) is 21.1 Å². The van der Waals surface area contributed by atoms with Crippen molar-refractivity contribution in [2.75, 3.05) is 19.5 Å². The second-order valence-electron chi connectivity index (χ2n) is 6.62. The first kappa shape index (κ1) is 19.7. The first-order valence-electron chi connectivity index (χ1n) is 9.21. The Morgan fingerprint density at radius 2 is 1.93 bits per heavy atom. The van der Waals surface area contributed by atoms with Gasteiger partial charge >= 0.3 is 0 Å². The van der Waals surface area contributed by atoms with Gasteiger partial charge in [0.1, 0.15) is 11.7 Å². The SMILES string of the molecule is COc1ccc2[nH]c(C(=O)N[C@H](C)C(=O)Nc3nc4ccccc4s3)cc2c1OC. The molecule has 2 aromatic carbocycles. The van der Waals surface area contributed by atoms with Crippen LogP contribution in [-0.2, 0) is 4.79 Å². The van der Waals surface area contributed by atoms with Crippen LogP contribution in [0, 0.1) is 0 Å². The summed E-state index contributed by atoms with van der Waals surface area (Å²) in [5, 5.41) is 6.66. The topological polar surface area (TPSA) is 105 Å². The number of carbonyl (C=O) groups is 2. The van der Waals surface area contributed by atoms with Crippen LogP contribution in [0.1, 0.15) is 17.4 Å². The third-order valence-electron chi connectivity index (χ3n) is 4.65. The van der Waals surface area contributed by atoms with E-state index in [0.717, 1.165) is 15.7 Å². The predicted molar refractivity (Wildman–Crippen MR) is 117 cm³/mol. The van der Waals surface area contributed by atoms with Gasteiger partial charge in [0.05, 0.1) is 30.0 Å². The summed E-state index contributed by atoms with van der Waals surface area (Å²) in [5.41, 5.74) is 1.86. The summed E-state index contributed by atoms with van der Waals surface area (Å²) < 4.78 is 11.7. The number of thiazole rings is 1. The number of nitrogens with one attached hydrogen (secondary N) is 3. The van der Waals surface area contributed by atoms with E-state index < -0.39 is 11.9 Å². The van der Waals surface area contributed by atoms with E-state index in [1.165, 1.54) is 11.3 Å². The van der Waals surface area contributed by atoms with Crippen molar-refractivity contribution in [3.63, 3.8) is 0 Å². The molecule has 2 aromatic heterocycles. The van der Waals surface area contributed by atoms with Gasteiger partial charge in [0.25, 0.3) is 5.91 Å². The number of carbonyl (C=O) groups excluding carboxylic acids is 2.